The molecule has 3 heteroatoms. The molecule has 90 valence electrons. The fourth-order valence-electron chi connectivity index (χ4n) is 1.99. The SMILES string of the molecule is C[C@@H](C(N)=O)c1ccc(CN2CC=CC2)cc1. The normalized spacial score (nSPS) is 17.2. The standard InChI is InChI=1S/C14H18N2O/c1-11(14(15)17)13-6-4-12(5-7-13)10-16-8-2-3-9-16/h2-7,11H,8-10H2,1H3,(H2,15,17)/t11-/m1/s1. The van der Waals surface area contributed by atoms with E-state index in [1.54, 1.807) is 0 Å². The highest BCUT2D eigenvalue weighted by Gasteiger charge is 2.12. The van der Waals surface area contributed by atoms with Gasteiger partial charge in [-0.3, -0.25) is 9.69 Å². The van der Waals surface area contributed by atoms with Gasteiger partial charge in [-0.2, -0.15) is 0 Å². The zero-order valence-corrected chi connectivity index (χ0v) is 10.1. The van der Waals surface area contributed by atoms with Crippen LogP contribution >= 0.6 is 0 Å². The van der Waals surface area contributed by atoms with Crippen LogP contribution in [-0.4, -0.2) is 23.9 Å². The maximum Gasteiger partial charge on any atom is 0.224 e. The Labute approximate surface area is 102 Å². The van der Waals surface area contributed by atoms with Gasteiger partial charge in [0.15, 0.2) is 0 Å². The van der Waals surface area contributed by atoms with Gasteiger partial charge in [-0.15, -0.1) is 0 Å². The fraction of sp³-hybridized carbons (Fsp3) is 0.357. The summed E-state index contributed by atoms with van der Waals surface area (Å²) in [7, 11) is 0. The molecule has 0 bridgehead atoms. The second-order valence-electron chi connectivity index (χ2n) is 4.53. The third kappa shape index (κ3) is 2.94. The van der Waals surface area contributed by atoms with E-state index in [0.717, 1.165) is 25.2 Å². The lowest BCUT2D eigenvalue weighted by Crippen LogP contribution is -2.20. The van der Waals surface area contributed by atoms with Crippen molar-refractivity contribution in [3.63, 3.8) is 0 Å². The minimum absolute atomic E-state index is 0.211. The van der Waals surface area contributed by atoms with Crippen LogP contribution in [0.2, 0.25) is 0 Å². The molecule has 0 saturated heterocycles. The van der Waals surface area contributed by atoms with Crippen molar-refractivity contribution in [1.29, 1.82) is 0 Å². The van der Waals surface area contributed by atoms with Gasteiger partial charge in [-0.05, 0) is 18.1 Å². The molecule has 0 aliphatic carbocycles. The number of nitrogens with zero attached hydrogens (tertiary/aromatic N) is 1. The number of hydrogen-bond donors (Lipinski definition) is 1. The predicted molar refractivity (Wildman–Crippen MR) is 68.5 cm³/mol. The first-order valence-electron chi connectivity index (χ1n) is 5.92. The highest BCUT2D eigenvalue weighted by atomic mass is 16.1. The van der Waals surface area contributed by atoms with E-state index in [4.69, 9.17) is 5.73 Å². The molecule has 0 saturated carbocycles. The molecule has 3 nitrogen and oxygen atoms in total. The molecular formula is C14H18N2O. The Morgan fingerprint density at radius 3 is 2.41 bits per heavy atom. The molecule has 0 fully saturated rings. The van der Waals surface area contributed by atoms with Crippen molar-refractivity contribution in [2.45, 2.75) is 19.4 Å². The first-order chi connectivity index (χ1) is 8.16. The zero-order chi connectivity index (χ0) is 12.3. The number of rotatable bonds is 4. The molecule has 1 heterocycles. The summed E-state index contributed by atoms with van der Waals surface area (Å²) in [4.78, 5) is 13.4. The van der Waals surface area contributed by atoms with Gasteiger partial charge in [0.05, 0.1) is 5.92 Å². The van der Waals surface area contributed by atoms with E-state index >= 15 is 0 Å². The highest BCUT2D eigenvalue weighted by molar-refractivity contribution is 5.81. The summed E-state index contributed by atoms with van der Waals surface area (Å²) in [6.45, 7) is 4.85. The van der Waals surface area contributed by atoms with Gasteiger partial charge in [0.1, 0.15) is 0 Å². The molecule has 2 N–H and O–H groups in total. The molecule has 1 aromatic rings. The van der Waals surface area contributed by atoms with Crippen molar-refractivity contribution in [1.82, 2.24) is 4.90 Å². The average molecular weight is 230 g/mol. The Bertz CT molecular complexity index is 414. The fourth-order valence-corrected chi connectivity index (χ4v) is 1.99. The molecule has 0 radical (unpaired) electrons. The van der Waals surface area contributed by atoms with E-state index in [1.165, 1.54) is 5.56 Å². The van der Waals surface area contributed by atoms with Crippen LogP contribution < -0.4 is 5.73 Å². The van der Waals surface area contributed by atoms with E-state index in [-0.39, 0.29) is 11.8 Å². The molecule has 0 unspecified atom stereocenters. The van der Waals surface area contributed by atoms with Crippen molar-refractivity contribution in [3.8, 4) is 0 Å². The lowest BCUT2D eigenvalue weighted by atomic mass is 9.99. The zero-order valence-electron chi connectivity index (χ0n) is 10.1. The lowest BCUT2D eigenvalue weighted by Gasteiger charge is -2.15. The molecule has 1 aromatic carbocycles. The largest absolute Gasteiger partial charge is 0.369 e. The second-order valence-corrected chi connectivity index (χ2v) is 4.53. The third-order valence-corrected chi connectivity index (χ3v) is 3.21. The lowest BCUT2D eigenvalue weighted by molar-refractivity contribution is -0.119. The average Bonchev–Trinajstić information content (AvgIpc) is 2.82. The molecule has 1 amide bonds. The monoisotopic (exact) mass is 230 g/mol. The van der Waals surface area contributed by atoms with Crippen LogP contribution in [0.25, 0.3) is 0 Å². The number of hydrogen-bond acceptors (Lipinski definition) is 2. The smallest absolute Gasteiger partial charge is 0.224 e. The van der Waals surface area contributed by atoms with Crippen LogP contribution in [0.3, 0.4) is 0 Å². The quantitative estimate of drug-likeness (QED) is 0.799. The number of carbonyl (C=O) groups is 1. The molecule has 17 heavy (non-hydrogen) atoms. The van der Waals surface area contributed by atoms with Crippen LogP contribution in [0.1, 0.15) is 24.0 Å². The van der Waals surface area contributed by atoms with Crippen molar-refractivity contribution in [2.75, 3.05) is 13.1 Å². The molecule has 1 aliphatic heterocycles. The Kier molecular flexibility index (Phi) is 3.59. The summed E-state index contributed by atoms with van der Waals surface area (Å²) >= 11 is 0. The summed E-state index contributed by atoms with van der Waals surface area (Å²) in [6, 6.07) is 8.14. The molecule has 2 rings (SSSR count). The summed E-state index contributed by atoms with van der Waals surface area (Å²) in [5.41, 5.74) is 7.54. The summed E-state index contributed by atoms with van der Waals surface area (Å²) < 4.78 is 0. The molecule has 0 aromatic heterocycles. The number of nitrogens with two attached hydrogens (primary N) is 1. The Balaban J connectivity index is 2.00. The van der Waals surface area contributed by atoms with Crippen molar-refractivity contribution < 1.29 is 4.79 Å². The van der Waals surface area contributed by atoms with Crippen molar-refractivity contribution >= 4 is 5.91 Å². The predicted octanol–water partition coefficient (Wildman–Crippen LogP) is 1.65. The number of carbonyl (C=O) groups excluding carboxylic acids is 1. The summed E-state index contributed by atoms with van der Waals surface area (Å²) in [6.07, 6.45) is 4.37. The van der Waals surface area contributed by atoms with E-state index in [2.05, 4.69) is 29.2 Å². The van der Waals surface area contributed by atoms with Crippen LogP contribution in [0.5, 0.6) is 0 Å². The van der Waals surface area contributed by atoms with Gasteiger partial charge >= 0.3 is 0 Å². The Hall–Kier alpha value is -1.61. The van der Waals surface area contributed by atoms with Gasteiger partial charge < -0.3 is 5.73 Å². The number of primary amides is 1. The number of benzene rings is 1. The molecule has 1 atom stereocenters. The van der Waals surface area contributed by atoms with E-state index in [0.29, 0.717) is 0 Å². The van der Waals surface area contributed by atoms with E-state index in [9.17, 15) is 4.79 Å². The maximum absolute atomic E-state index is 11.1. The highest BCUT2D eigenvalue weighted by Crippen LogP contribution is 2.16. The van der Waals surface area contributed by atoms with Gasteiger partial charge in [0.25, 0.3) is 0 Å². The minimum atomic E-state index is -0.276. The van der Waals surface area contributed by atoms with Gasteiger partial charge in [-0.25, -0.2) is 0 Å². The van der Waals surface area contributed by atoms with E-state index < -0.39 is 0 Å². The van der Waals surface area contributed by atoms with Gasteiger partial charge in [0.2, 0.25) is 5.91 Å². The van der Waals surface area contributed by atoms with Crippen LogP contribution in [0, 0.1) is 0 Å². The molecule has 1 aliphatic rings. The Morgan fingerprint density at radius 1 is 1.29 bits per heavy atom. The van der Waals surface area contributed by atoms with Crippen LogP contribution in [-0.2, 0) is 11.3 Å². The molecular weight excluding hydrogens is 212 g/mol. The maximum atomic E-state index is 11.1. The Morgan fingerprint density at radius 2 is 1.88 bits per heavy atom. The summed E-state index contributed by atoms with van der Waals surface area (Å²) in [5, 5.41) is 0. The minimum Gasteiger partial charge on any atom is -0.369 e. The topological polar surface area (TPSA) is 46.3 Å². The van der Waals surface area contributed by atoms with Gasteiger partial charge in [-0.1, -0.05) is 36.4 Å². The van der Waals surface area contributed by atoms with Crippen molar-refractivity contribution in [3.05, 3.63) is 47.5 Å². The van der Waals surface area contributed by atoms with Crippen molar-refractivity contribution in [2.24, 2.45) is 5.73 Å². The number of amides is 1. The first kappa shape index (κ1) is 11.9. The van der Waals surface area contributed by atoms with Crippen LogP contribution in [0.15, 0.2) is 36.4 Å². The first-order valence-corrected chi connectivity index (χ1v) is 5.92. The molecule has 0 spiro atoms. The third-order valence-electron chi connectivity index (χ3n) is 3.21. The van der Waals surface area contributed by atoms with Gasteiger partial charge in [0, 0.05) is 19.6 Å². The van der Waals surface area contributed by atoms with E-state index in [1.807, 2.05) is 19.1 Å². The van der Waals surface area contributed by atoms with Crippen LogP contribution in [0.4, 0.5) is 0 Å². The second kappa shape index (κ2) is 5.15. The summed E-state index contributed by atoms with van der Waals surface area (Å²) in [5.74, 6) is -0.487.